The fourth-order valence-electron chi connectivity index (χ4n) is 2.29. The molecule has 110 valence electrons. The Balaban J connectivity index is 2.57. The van der Waals surface area contributed by atoms with Gasteiger partial charge in [-0.15, -0.1) is 0 Å². The van der Waals surface area contributed by atoms with E-state index < -0.39 is 5.91 Å². The van der Waals surface area contributed by atoms with Gasteiger partial charge in [-0.3, -0.25) is 14.3 Å². The lowest BCUT2D eigenvalue weighted by atomic mass is 9.98. The molecule has 0 fully saturated rings. The number of hydrogen-bond acceptors (Lipinski definition) is 4. The molecule has 0 spiro atoms. The highest BCUT2D eigenvalue weighted by Gasteiger charge is 2.26. The van der Waals surface area contributed by atoms with E-state index in [1.165, 1.54) is 4.68 Å². The van der Waals surface area contributed by atoms with Gasteiger partial charge in [-0.1, -0.05) is 13.3 Å². The average Bonchev–Trinajstić information content (AvgIpc) is 2.76. The molecular weight excluding hydrogens is 268 g/mol. The van der Waals surface area contributed by atoms with E-state index in [0.29, 0.717) is 23.4 Å². The SMILES string of the molecule is CCCc1nn(C)c(C(N)=O)c1C(=O)c1ccc(N)cc1. The molecule has 0 unspecified atom stereocenters. The summed E-state index contributed by atoms with van der Waals surface area (Å²) in [5.74, 6) is -0.925. The molecule has 0 bridgehead atoms. The summed E-state index contributed by atoms with van der Waals surface area (Å²) < 4.78 is 1.37. The Labute approximate surface area is 122 Å². The fourth-order valence-corrected chi connectivity index (χ4v) is 2.29. The first-order chi connectivity index (χ1) is 9.95. The lowest BCUT2D eigenvalue weighted by molar-refractivity contribution is 0.0973. The Kier molecular flexibility index (Phi) is 4.07. The monoisotopic (exact) mass is 286 g/mol. The number of benzene rings is 1. The maximum absolute atomic E-state index is 12.7. The summed E-state index contributed by atoms with van der Waals surface area (Å²) in [7, 11) is 1.61. The average molecular weight is 286 g/mol. The molecule has 0 aliphatic carbocycles. The number of nitrogens with zero attached hydrogens (tertiary/aromatic N) is 2. The molecule has 2 aromatic rings. The van der Waals surface area contributed by atoms with Crippen molar-refractivity contribution in [3.8, 4) is 0 Å². The zero-order valence-electron chi connectivity index (χ0n) is 12.1. The van der Waals surface area contributed by atoms with Crippen LogP contribution in [0, 0.1) is 0 Å². The van der Waals surface area contributed by atoms with Crippen LogP contribution in [0.5, 0.6) is 0 Å². The van der Waals surface area contributed by atoms with Gasteiger partial charge >= 0.3 is 0 Å². The van der Waals surface area contributed by atoms with E-state index in [4.69, 9.17) is 11.5 Å². The highest BCUT2D eigenvalue weighted by molar-refractivity contribution is 6.15. The number of hydrogen-bond donors (Lipinski definition) is 2. The largest absolute Gasteiger partial charge is 0.399 e. The predicted octanol–water partition coefficient (Wildman–Crippen LogP) is 1.28. The van der Waals surface area contributed by atoms with E-state index in [2.05, 4.69) is 5.10 Å². The van der Waals surface area contributed by atoms with Gasteiger partial charge in [-0.2, -0.15) is 5.10 Å². The van der Waals surface area contributed by atoms with Crippen molar-refractivity contribution >= 4 is 17.4 Å². The molecule has 0 atom stereocenters. The summed E-state index contributed by atoms with van der Waals surface area (Å²) in [4.78, 5) is 24.3. The molecule has 21 heavy (non-hydrogen) atoms. The smallest absolute Gasteiger partial charge is 0.267 e. The van der Waals surface area contributed by atoms with Gasteiger partial charge in [-0.05, 0) is 30.7 Å². The Morgan fingerprint density at radius 1 is 1.24 bits per heavy atom. The highest BCUT2D eigenvalue weighted by atomic mass is 16.1. The number of ketones is 1. The van der Waals surface area contributed by atoms with Crippen LogP contribution in [0.4, 0.5) is 5.69 Å². The van der Waals surface area contributed by atoms with Crippen molar-refractivity contribution in [2.45, 2.75) is 19.8 Å². The highest BCUT2D eigenvalue weighted by Crippen LogP contribution is 2.20. The topological polar surface area (TPSA) is 104 Å². The number of nitrogens with two attached hydrogens (primary N) is 2. The zero-order chi connectivity index (χ0) is 15.6. The van der Waals surface area contributed by atoms with Gasteiger partial charge in [0.25, 0.3) is 5.91 Å². The Bertz CT molecular complexity index is 686. The number of carbonyl (C=O) groups excluding carboxylic acids is 2. The van der Waals surface area contributed by atoms with Gasteiger partial charge < -0.3 is 11.5 Å². The van der Waals surface area contributed by atoms with Crippen LogP contribution in [0.2, 0.25) is 0 Å². The molecule has 0 radical (unpaired) electrons. The van der Waals surface area contributed by atoms with Crippen LogP contribution in [0.1, 0.15) is 45.4 Å². The first kappa shape index (κ1) is 14.8. The zero-order valence-corrected chi connectivity index (χ0v) is 12.1. The third-order valence-electron chi connectivity index (χ3n) is 3.24. The summed E-state index contributed by atoms with van der Waals surface area (Å²) in [6.45, 7) is 1.98. The van der Waals surface area contributed by atoms with Crippen molar-refractivity contribution in [3.05, 3.63) is 46.8 Å². The summed E-state index contributed by atoms with van der Waals surface area (Å²) in [5, 5.41) is 4.26. The van der Waals surface area contributed by atoms with E-state index in [1.54, 1.807) is 31.3 Å². The van der Waals surface area contributed by atoms with Crippen molar-refractivity contribution in [3.63, 3.8) is 0 Å². The van der Waals surface area contributed by atoms with Crippen molar-refractivity contribution < 1.29 is 9.59 Å². The van der Waals surface area contributed by atoms with E-state index in [0.717, 1.165) is 6.42 Å². The molecule has 1 aromatic heterocycles. The van der Waals surface area contributed by atoms with Crippen LogP contribution in [0.25, 0.3) is 0 Å². The molecule has 0 saturated carbocycles. The molecule has 6 heteroatoms. The predicted molar refractivity (Wildman–Crippen MR) is 80.0 cm³/mol. The molecule has 1 amide bonds. The van der Waals surface area contributed by atoms with Crippen LogP contribution in [0.15, 0.2) is 24.3 Å². The van der Waals surface area contributed by atoms with Gasteiger partial charge in [0.05, 0.1) is 11.3 Å². The van der Waals surface area contributed by atoms with E-state index in [1.807, 2.05) is 6.92 Å². The minimum absolute atomic E-state index is 0.139. The normalized spacial score (nSPS) is 10.6. The maximum atomic E-state index is 12.7. The lowest BCUT2D eigenvalue weighted by Gasteiger charge is -2.04. The quantitative estimate of drug-likeness (QED) is 0.638. The Morgan fingerprint density at radius 2 is 1.86 bits per heavy atom. The molecular formula is C15H18N4O2. The molecule has 6 nitrogen and oxygen atoms in total. The van der Waals surface area contributed by atoms with Crippen molar-refractivity contribution in [1.82, 2.24) is 9.78 Å². The molecule has 0 aliphatic heterocycles. The van der Waals surface area contributed by atoms with Gasteiger partial charge in [0.15, 0.2) is 5.78 Å². The minimum atomic E-state index is -0.661. The first-order valence-electron chi connectivity index (χ1n) is 6.71. The number of anilines is 1. The number of carbonyl (C=O) groups is 2. The second kappa shape index (κ2) is 5.78. The minimum Gasteiger partial charge on any atom is -0.399 e. The number of nitrogen functional groups attached to an aromatic ring is 1. The lowest BCUT2D eigenvalue weighted by Crippen LogP contribution is -2.20. The second-order valence-corrected chi connectivity index (χ2v) is 4.86. The summed E-state index contributed by atoms with van der Waals surface area (Å²) >= 11 is 0. The van der Waals surface area contributed by atoms with Gasteiger partial charge in [0.2, 0.25) is 0 Å². The first-order valence-corrected chi connectivity index (χ1v) is 6.71. The van der Waals surface area contributed by atoms with Crippen LogP contribution < -0.4 is 11.5 Å². The Morgan fingerprint density at radius 3 is 2.38 bits per heavy atom. The van der Waals surface area contributed by atoms with Crippen molar-refractivity contribution in [1.29, 1.82) is 0 Å². The molecule has 4 N–H and O–H groups in total. The number of amides is 1. The van der Waals surface area contributed by atoms with Crippen LogP contribution in [0.3, 0.4) is 0 Å². The third kappa shape index (κ3) is 2.79. The van der Waals surface area contributed by atoms with Crippen molar-refractivity contribution in [2.75, 3.05) is 5.73 Å². The molecule has 1 aromatic carbocycles. The maximum Gasteiger partial charge on any atom is 0.267 e. The summed E-state index contributed by atoms with van der Waals surface area (Å²) in [6, 6.07) is 6.55. The van der Waals surface area contributed by atoms with Crippen molar-refractivity contribution in [2.24, 2.45) is 12.8 Å². The van der Waals surface area contributed by atoms with Crippen LogP contribution >= 0.6 is 0 Å². The fraction of sp³-hybridized carbons (Fsp3) is 0.267. The Hall–Kier alpha value is -2.63. The number of aromatic nitrogens is 2. The molecule has 0 aliphatic rings. The van der Waals surface area contributed by atoms with E-state index >= 15 is 0 Å². The molecule has 2 rings (SSSR count). The molecule has 1 heterocycles. The van der Waals surface area contributed by atoms with Gasteiger partial charge in [0.1, 0.15) is 5.69 Å². The number of primary amides is 1. The van der Waals surface area contributed by atoms with Crippen LogP contribution in [-0.4, -0.2) is 21.5 Å². The second-order valence-electron chi connectivity index (χ2n) is 4.86. The van der Waals surface area contributed by atoms with Gasteiger partial charge in [-0.25, -0.2) is 0 Å². The van der Waals surface area contributed by atoms with Gasteiger partial charge in [0, 0.05) is 18.3 Å². The standard InChI is InChI=1S/C15H18N4O2/c1-3-4-11-12(13(15(17)21)19(2)18-11)14(20)9-5-7-10(16)8-6-9/h5-8H,3-4,16H2,1-2H3,(H2,17,21). The van der Waals surface area contributed by atoms with E-state index in [9.17, 15) is 9.59 Å². The number of aryl methyl sites for hydroxylation is 2. The van der Waals surface area contributed by atoms with E-state index in [-0.39, 0.29) is 17.0 Å². The summed E-state index contributed by atoms with van der Waals surface area (Å²) in [5.41, 5.74) is 13.1. The molecule has 0 saturated heterocycles. The summed E-state index contributed by atoms with van der Waals surface area (Å²) in [6.07, 6.45) is 1.42. The number of rotatable bonds is 5. The van der Waals surface area contributed by atoms with Crippen LogP contribution in [-0.2, 0) is 13.5 Å². The third-order valence-corrected chi connectivity index (χ3v) is 3.24.